The fourth-order valence-electron chi connectivity index (χ4n) is 6.21. The lowest BCUT2D eigenvalue weighted by molar-refractivity contribution is -0.134. The Kier molecular flexibility index (Phi) is 4.63. The first-order chi connectivity index (χ1) is 18.1. The molecule has 0 radical (unpaired) electrons. The Labute approximate surface area is 223 Å². The van der Waals surface area contributed by atoms with Gasteiger partial charge in [0.1, 0.15) is 11.0 Å². The number of nitrogens with zero attached hydrogens (tertiary/aromatic N) is 4. The van der Waals surface area contributed by atoms with Gasteiger partial charge in [0.25, 0.3) is 0 Å². The summed E-state index contributed by atoms with van der Waals surface area (Å²) >= 11 is 4.78. The van der Waals surface area contributed by atoms with Crippen molar-refractivity contribution in [3.63, 3.8) is 0 Å². The summed E-state index contributed by atoms with van der Waals surface area (Å²) in [7, 11) is 2.14. The van der Waals surface area contributed by atoms with E-state index in [0.29, 0.717) is 16.9 Å². The molecule has 4 aromatic heterocycles. The van der Waals surface area contributed by atoms with Crippen molar-refractivity contribution in [3.8, 4) is 10.4 Å². The van der Waals surface area contributed by atoms with Crippen LogP contribution in [0.4, 0.5) is 5.69 Å². The van der Waals surface area contributed by atoms with Crippen LogP contribution in [0.2, 0.25) is 0 Å². The molecule has 0 aliphatic heterocycles. The van der Waals surface area contributed by atoms with Gasteiger partial charge in [-0.25, -0.2) is 4.99 Å². The van der Waals surface area contributed by atoms with Gasteiger partial charge in [0.05, 0.1) is 43.6 Å². The van der Waals surface area contributed by atoms with Crippen LogP contribution in [-0.4, -0.2) is 30.6 Å². The van der Waals surface area contributed by atoms with Crippen LogP contribution in [0.25, 0.3) is 52.0 Å². The molecule has 2 aliphatic rings. The number of carbonyl (C=O) groups is 2. The number of hydrogen-bond acceptors (Lipinski definition) is 8. The summed E-state index contributed by atoms with van der Waals surface area (Å²) in [6, 6.07) is 14.8. The number of thiophene rings is 2. The molecule has 0 bridgehead atoms. The number of aryl methyl sites for hydroxylation is 1. The van der Waals surface area contributed by atoms with E-state index >= 15 is 0 Å². The minimum Gasteiger partial charge on any atom is -0.342 e. The van der Waals surface area contributed by atoms with Crippen LogP contribution in [0, 0.1) is 11.8 Å². The Morgan fingerprint density at radius 1 is 0.946 bits per heavy atom. The van der Waals surface area contributed by atoms with E-state index < -0.39 is 5.78 Å². The standard InChI is InChI=1S/C28H20N4O2S3/c1-32-18-12-20(36-27(18)28-24(32)16-8-4-5-9-19(16)35-28)15-10-11-17(23-21(15)30-37-31-23)29-22-13-6-2-3-7-14(13)25(33)26(22)34/h4-5,8-14H,2-3,6-7H2,1H3. The first kappa shape index (κ1) is 21.8. The van der Waals surface area contributed by atoms with Crippen molar-refractivity contribution < 1.29 is 9.59 Å². The third kappa shape index (κ3) is 2.99. The maximum absolute atomic E-state index is 12.8. The van der Waals surface area contributed by atoms with Gasteiger partial charge in [-0.05, 0) is 37.1 Å². The van der Waals surface area contributed by atoms with Crippen LogP contribution in [0.1, 0.15) is 25.7 Å². The smallest absolute Gasteiger partial charge is 0.243 e. The largest absolute Gasteiger partial charge is 0.342 e. The zero-order valence-electron chi connectivity index (χ0n) is 19.9. The second-order valence-corrected chi connectivity index (χ2v) is 12.6. The van der Waals surface area contributed by atoms with E-state index in [-0.39, 0.29) is 17.6 Å². The van der Waals surface area contributed by atoms with Crippen molar-refractivity contribution in [3.05, 3.63) is 42.5 Å². The number of ketones is 2. The molecule has 8 rings (SSSR count). The van der Waals surface area contributed by atoms with E-state index in [1.54, 1.807) is 11.3 Å². The summed E-state index contributed by atoms with van der Waals surface area (Å²) < 4.78 is 15.4. The van der Waals surface area contributed by atoms with Gasteiger partial charge in [-0.15, -0.1) is 22.7 Å². The van der Waals surface area contributed by atoms with Crippen molar-refractivity contribution in [1.29, 1.82) is 0 Å². The van der Waals surface area contributed by atoms with Gasteiger partial charge in [0, 0.05) is 39.4 Å². The molecular weight excluding hydrogens is 521 g/mol. The Bertz CT molecular complexity index is 1970. The molecule has 182 valence electrons. The van der Waals surface area contributed by atoms with E-state index in [4.69, 9.17) is 4.99 Å². The monoisotopic (exact) mass is 540 g/mol. The normalized spacial score (nSPS) is 21.4. The summed E-state index contributed by atoms with van der Waals surface area (Å²) in [4.78, 5) is 31.3. The number of fused-ring (bicyclic) bond motifs is 7. The molecule has 0 saturated heterocycles. The molecule has 2 fully saturated rings. The number of aromatic nitrogens is 3. The molecule has 0 spiro atoms. The summed E-state index contributed by atoms with van der Waals surface area (Å²) in [5, 5.41) is 1.30. The van der Waals surface area contributed by atoms with Crippen molar-refractivity contribution >= 4 is 98.9 Å². The van der Waals surface area contributed by atoms with Crippen LogP contribution in [0.15, 0.2) is 47.5 Å². The minimum atomic E-state index is -0.408. The van der Waals surface area contributed by atoms with Crippen molar-refractivity contribution in [2.75, 3.05) is 0 Å². The average molecular weight is 541 g/mol. The third-order valence-corrected chi connectivity index (χ3v) is 11.0. The number of benzene rings is 2. The molecule has 2 unspecified atom stereocenters. The maximum atomic E-state index is 12.8. The molecule has 0 amide bonds. The number of Topliss-reactive ketones (excluding diaryl/α,β-unsaturated/α-hetero) is 2. The van der Waals surface area contributed by atoms with Crippen LogP contribution in [0.5, 0.6) is 0 Å². The Hall–Kier alpha value is -3.27. The molecule has 2 aliphatic carbocycles. The third-order valence-electron chi connectivity index (χ3n) is 8.00. The van der Waals surface area contributed by atoms with Gasteiger partial charge >= 0.3 is 0 Å². The topological polar surface area (TPSA) is 77.2 Å². The van der Waals surface area contributed by atoms with Crippen LogP contribution < -0.4 is 0 Å². The van der Waals surface area contributed by atoms with E-state index in [9.17, 15) is 9.59 Å². The molecular formula is C28H20N4O2S3. The van der Waals surface area contributed by atoms with E-state index in [1.165, 1.54) is 30.5 Å². The van der Waals surface area contributed by atoms with E-state index in [1.807, 2.05) is 23.5 Å². The molecule has 2 atom stereocenters. The predicted octanol–water partition coefficient (Wildman–Crippen LogP) is 7.31. The molecule has 2 aromatic carbocycles. The van der Waals surface area contributed by atoms with Gasteiger partial charge in [-0.2, -0.15) is 8.75 Å². The zero-order chi connectivity index (χ0) is 24.8. The van der Waals surface area contributed by atoms with Crippen molar-refractivity contribution in [2.24, 2.45) is 23.9 Å². The molecule has 0 N–H and O–H groups in total. The quantitative estimate of drug-likeness (QED) is 0.216. The van der Waals surface area contributed by atoms with Gasteiger partial charge < -0.3 is 4.57 Å². The SMILES string of the molecule is Cn1c2cc(-c3ccc(N=C4C(=O)C(=O)C5CCCCC45)c4nsnc34)sc2c2sc3ccccc3c21. The van der Waals surface area contributed by atoms with Gasteiger partial charge in [-0.3, -0.25) is 9.59 Å². The first-order valence-electron chi connectivity index (χ1n) is 12.4. The van der Waals surface area contributed by atoms with E-state index in [2.05, 4.69) is 50.7 Å². The van der Waals surface area contributed by atoms with Crippen LogP contribution in [-0.2, 0) is 16.6 Å². The molecule has 2 saturated carbocycles. The van der Waals surface area contributed by atoms with Crippen LogP contribution >= 0.6 is 34.4 Å². The summed E-state index contributed by atoms with van der Waals surface area (Å²) in [6.45, 7) is 0. The first-order valence-corrected chi connectivity index (χ1v) is 14.8. The fourth-order valence-corrected chi connectivity index (χ4v) is 9.36. The van der Waals surface area contributed by atoms with Crippen molar-refractivity contribution in [2.45, 2.75) is 25.7 Å². The minimum absolute atomic E-state index is 0.0543. The Morgan fingerprint density at radius 2 is 1.76 bits per heavy atom. The summed E-state index contributed by atoms with van der Waals surface area (Å²) in [5.74, 6) is -0.909. The van der Waals surface area contributed by atoms with Gasteiger partial charge in [0.2, 0.25) is 11.6 Å². The lowest BCUT2D eigenvalue weighted by Crippen LogP contribution is -2.21. The molecule has 4 heterocycles. The average Bonchev–Trinajstić information content (AvgIpc) is 3.72. The Morgan fingerprint density at radius 3 is 2.65 bits per heavy atom. The van der Waals surface area contributed by atoms with Gasteiger partial charge in [0.15, 0.2) is 0 Å². The Balaban J connectivity index is 1.27. The summed E-state index contributed by atoms with van der Waals surface area (Å²) in [5.41, 5.74) is 6.06. The lowest BCUT2D eigenvalue weighted by Gasteiger charge is -2.22. The number of rotatable bonds is 2. The highest BCUT2D eigenvalue weighted by Crippen LogP contribution is 2.47. The fraction of sp³-hybridized carbons (Fsp3) is 0.250. The number of hydrogen-bond donors (Lipinski definition) is 0. The predicted molar refractivity (Wildman–Crippen MR) is 153 cm³/mol. The lowest BCUT2D eigenvalue weighted by atomic mass is 9.81. The molecule has 6 aromatic rings. The molecule has 9 heteroatoms. The zero-order valence-corrected chi connectivity index (χ0v) is 22.3. The summed E-state index contributed by atoms with van der Waals surface area (Å²) in [6.07, 6.45) is 3.68. The second-order valence-electron chi connectivity index (χ2n) is 9.94. The van der Waals surface area contributed by atoms with Gasteiger partial charge in [-0.1, -0.05) is 31.0 Å². The second kappa shape index (κ2) is 7.86. The number of aliphatic imine (C=N–C) groups is 1. The molecule has 37 heavy (non-hydrogen) atoms. The highest BCUT2D eigenvalue weighted by atomic mass is 32.1. The maximum Gasteiger partial charge on any atom is 0.243 e. The van der Waals surface area contributed by atoms with Crippen molar-refractivity contribution in [1.82, 2.24) is 13.3 Å². The molecule has 6 nitrogen and oxygen atoms in total. The highest BCUT2D eigenvalue weighted by molar-refractivity contribution is 7.32. The number of carbonyl (C=O) groups excluding carboxylic acids is 2. The van der Waals surface area contributed by atoms with Crippen LogP contribution in [0.3, 0.4) is 0 Å². The highest BCUT2D eigenvalue weighted by Gasteiger charge is 2.47. The van der Waals surface area contributed by atoms with E-state index in [0.717, 1.165) is 53.4 Å².